The third-order valence-electron chi connectivity index (χ3n) is 7.05. The Kier molecular flexibility index (Phi) is 4.20. The van der Waals surface area contributed by atoms with E-state index in [9.17, 15) is 19.2 Å². The van der Waals surface area contributed by atoms with Gasteiger partial charge >= 0.3 is 0 Å². The van der Waals surface area contributed by atoms with Gasteiger partial charge in [-0.1, -0.05) is 48.5 Å². The maximum absolute atomic E-state index is 13.3. The highest BCUT2D eigenvalue weighted by Crippen LogP contribution is 2.39. The number of fused-ring (bicyclic) bond motifs is 3. The molecular formula is C29H18N4O4. The normalized spacial score (nSPS) is 15.4. The number of imide groups is 2. The first-order valence-electron chi connectivity index (χ1n) is 11.7. The second kappa shape index (κ2) is 7.38. The summed E-state index contributed by atoms with van der Waals surface area (Å²) in [6.45, 7) is 0. The molecule has 1 N–H and O–H groups in total. The molecule has 3 aromatic carbocycles. The lowest BCUT2D eigenvalue weighted by Crippen LogP contribution is -2.39. The van der Waals surface area contributed by atoms with Crippen LogP contribution in [-0.2, 0) is 16.6 Å². The van der Waals surface area contributed by atoms with Gasteiger partial charge < -0.3 is 4.57 Å². The number of benzene rings is 3. The summed E-state index contributed by atoms with van der Waals surface area (Å²) in [7, 11) is 1.88. The molecule has 8 nitrogen and oxygen atoms in total. The predicted octanol–water partition coefficient (Wildman–Crippen LogP) is 3.63. The Morgan fingerprint density at radius 3 is 1.68 bits per heavy atom. The van der Waals surface area contributed by atoms with Crippen molar-refractivity contribution in [1.29, 1.82) is 0 Å². The van der Waals surface area contributed by atoms with E-state index in [0.717, 1.165) is 15.9 Å². The van der Waals surface area contributed by atoms with Gasteiger partial charge in [-0.15, -0.1) is 0 Å². The van der Waals surface area contributed by atoms with Crippen LogP contribution >= 0.6 is 0 Å². The van der Waals surface area contributed by atoms with Crippen LogP contribution in [0.15, 0.2) is 85.2 Å². The van der Waals surface area contributed by atoms with Crippen LogP contribution in [0.1, 0.15) is 31.8 Å². The second-order valence-corrected chi connectivity index (χ2v) is 9.08. The van der Waals surface area contributed by atoms with Crippen molar-refractivity contribution in [1.82, 2.24) is 14.6 Å². The molecule has 0 radical (unpaired) electrons. The van der Waals surface area contributed by atoms with Crippen molar-refractivity contribution < 1.29 is 19.2 Å². The van der Waals surface area contributed by atoms with Gasteiger partial charge in [0, 0.05) is 46.9 Å². The monoisotopic (exact) mass is 486 g/mol. The maximum atomic E-state index is 13.3. The van der Waals surface area contributed by atoms with Gasteiger partial charge in [0.1, 0.15) is 0 Å². The van der Waals surface area contributed by atoms with E-state index in [2.05, 4.69) is 5.32 Å². The van der Waals surface area contributed by atoms with Gasteiger partial charge in [-0.25, -0.2) is 4.68 Å². The fourth-order valence-corrected chi connectivity index (χ4v) is 5.41. The molecule has 7 rings (SSSR count). The zero-order chi connectivity index (χ0) is 25.4. The summed E-state index contributed by atoms with van der Waals surface area (Å²) in [5.41, 5.74) is 3.66. The summed E-state index contributed by atoms with van der Waals surface area (Å²) in [5, 5.41) is 4.99. The number of aryl methyl sites for hydroxylation is 1. The number of hydrogen-bond acceptors (Lipinski definition) is 4. The molecule has 0 saturated heterocycles. The molecule has 0 unspecified atom stereocenters. The Bertz CT molecular complexity index is 1870. The highest BCUT2D eigenvalue weighted by atomic mass is 16.2. The van der Waals surface area contributed by atoms with Crippen molar-refractivity contribution in [2.45, 2.75) is 0 Å². The largest absolute Gasteiger partial charge is 0.350 e. The van der Waals surface area contributed by atoms with E-state index in [0.29, 0.717) is 33.2 Å². The molecule has 0 bridgehead atoms. The number of nitrogens with zero attached hydrogens (tertiary/aromatic N) is 3. The summed E-state index contributed by atoms with van der Waals surface area (Å²) in [6, 6.07) is 21.5. The highest BCUT2D eigenvalue weighted by Gasteiger charge is 2.39. The lowest BCUT2D eigenvalue weighted by Gasteiger charge is -2.16. The van der Waals surface area contributed by atoms with Crippen molar-refractivity contribution >= 4 is 56.6 Å². The van der Waals surface area contributed by atoms with Crippen LogP contribution in [0, 0.1) is 0 Å². The maximum Gasteiger partial charge on any atom is 0.281 e. The van der Waals surface area contributed by atoms with Gasteiger partial charge in [-0.3, -0.25) is 24.5 Å². The molecule has 0 saturated carbocycles. The van der Waals surface area contributed by atoms with Gasteiger partial charge in [0.05, 0.1) is 27.8 Å². The molecule has 0 aliphatic carbocycles. The molecule has 178 valence electrons. The molecular weight excluding hydrogens is 468 g/mol. The fraction of sp³-hybridized carbons (Fsp3) is 0.0345. The fourth-order valence-electron chi connectivity index (χ4n) is 5.41. The van der Waals surface area contributed by atoms with Gasteiger partial charge in [-0.2, -0.15) is 5.01 Å². The first-order chi connectivity index (χ1) is 18.0. The van der Waals surface area contributed by atoms with E-state index in [1.807, 2.05) is 54.2 Å². The number of amides is 4. The number of aromatic nitrogens is 2. The molecule has 2 aromatic heterocycles. The summed E-state index contributed by atoms with van der Waals surface area (Å²) >= 11 is 0. The molecule has 37 heavy (non-hydrogen) atoms. The third kappa shape index (κ3) is 2.77. The lowest BCUT2D eigenvalue weighted by molar-refractivity contribution is -0.122. The van der Waals surface area contributed by atoms with Crippen molar-refractivity contribution in [2.75, 3.05) is 5.01 Å². The molecule has 0 spiro atoms. The van der Waals surface area contributed by atoms with E-state index >= 15 is 0 Å². The molecule has 2 aliphatic rings. The highest BCUT2D eigenvalue weighted by molar-refractivity contribution is 6.51. The molecule has 4 amide bonds. The Hall–Kier alpha value is -5.24. The summed E-state index contributed by atoms with van der Waals surface area (Å²) < 4.78 is 3.38. The number of hydrogen-bond donors (Lipinski definition) is 1. The van der Waals surface area contributed by atoms with Gasteiger partial charge in [0.15, 0.2) is 0 Å². The smallest absolute Gasteiger partial charge is 0.281 e. The van der Waals surface area contributed by atoms with Crippen LogP contribution in [0.2, 0.25) is 0 Å². The van der Waals surface area contributed by atoms with Crippen LogP contribution in [0.4, 0.5) is 0 Å². The first kappa shape index (κ1) is 21.1. The first-order valence-corrected chi connectivity index (χ1v) is 11.7. The molecule has 0 atom stereocenters. The zero-order valence-corrected chi connectivity index (χ0v) is 19.6. The quantitative estimate of drug-likeness (QED) is 0.394. The van der Waals surface area contributed by atoms with Crippen LogP contribution < -0.4 is 10.3 Å². The van der Waals surface area contributed by atoms with E-state index in [-0.39, 0.29) is 11.1 Å². The van der Waals surface area contributed by atoms with E-state index in [1.165, 1.54) is 4.68 Å². The minimum absolute atomic E-state index is 0.202. The predicted molar refractivity (Wildman–Crippen MR) is 138 cm³/mol. The zero-order valence-electron chi connectivity index (χ0n) is 19.6. The van der Waals surface area contributed by atoms with E-state index in [4.69, 9.17) is 0 Å². The Balaban J connectivity index is 1.50. The van der Waals surface area contributed by atoms with Crippen molar-refractivity contribution in [3.63, 3.8) is 0 Å². The number of rotatable bonds is 3. The molecule has 4 heterocycles. The van der Waals surface area contributed by atoms with Crippen molar-refractivity contribution in [3.8, 4) is 0 Å². The molecule has 8 heteroatoms. The lowest BCUT2D eigenvalue weighted by atomic mass is 9.95. The standard InChI is InChI=1S/C29H18N4O4/c1-31-14-20(16-8-4-6-12-22(16)31)24-25(27(35)30-26(24)34)21-15-32(23-13-7-5-9-17(21)23)33-28(36)18-10-2-3-11-19(18)29(33)37/h2-15H,1H3,(H,30,34,35). The second-order valence-electron chi connectivity index (χ2n) is 9.08. The average molecular weight is 486 g/mol. The van der Waals surface area contributed by atoms with E-state index in [1.54, 1.807) is 42.6 Å². The van der Waals surface area contributed by atoms with Crippen LogP contribution in [0.5, 0.6) is 0 Å². The van der Waals surface area contributed by atoms with Crippen molar-refractivity contribution in [2.24, 2.45) is 7.05 Å². The number of nitrogens with one attached hydrogen (secondary N) is 1. The molecule has 5 aromatic rings. The molecule has 2 aliphatic heterocycles. The SMILES string of the molecule is Cn1cc(C2=C(c3cn(N4C(=O)c5ccccc5C4=O)c4ccccc34)C(=O)NC2=O)c2ccccc21. The Morgan fingerprint density at radius 1 is 0.568 bits per heavy atom. The minimum Gasteiger partial charge on any atom is -0.350 e. The van der Waals surface area contributed by atoms with Crippen LogP contribution in [-0.4, -0.2) is 32.9 Å². The van der Waals surface area contributed by atoms with Gasteiger partial charge in [0.25, 0.3) is 23.6 Å². The van der Waals surface area contributed by atoms with Crippen molar-refractivity contribution in [3.05, 3.63) is 107 Å². The summed E-state index contributed by atoms with van der Waals surface area (Å²) in [6.07, 6.45) is 3.42. The Labute approximate surface area is 210 Å². The number of carbonyl (C=O) groups excluding carboxylic acids is 4. The third-order valence-corrected chi connectivity index (χ3v) is 7.05. The summed E-state index contributed by atoms with van der Waals surface area (Å²) in [4.78, 5) is 52.9. The topological polar surface area (TPSA) is 93.4 Å². The number of carbonyl (C=O) groups is 4. The van der Waals surface area contributed by atoms with E-state index < -0.39 is 23.6 Å². The van der Waals surface area contributed by atoms with Crippen LogP contribution in [0.3, 0.4) is 0 Å². The van der Waals surface area contributed by atoms with Gasteiger partial charge in [0.2, 0.25) is 0 Å². The van der Waals surface area contributed by atoms with Crippen LogP contribution in [0.25, 0.3) is 33.0 Å². The molecule has 0 fully saturated rings. The summed E-state index contributed by atoms with van der Waals surface area (Å²) in [5.74, 6) is -1.93. The van der Waals surface area contributed by atoms with Gasteiger partial charge in [-0.05, 0) is 24.3 Å². The number of para-hydroxylation sites is 2. The minimum atomic E-state index is -0.529. The Morgan fingerprint density at radius 2 is 1.05 bits per heavy atom. The average Bonchev–Trinajstić information content (AvgIpc) is 3.60.